The van der Waals surface area contributed by atoms with Crippen molar-refractivity contribution in [3.63, 3.8) is 0 Å². The number of thiazole rings is 1. The fraction of sp³-hybridized carbons (Fsp3) is 0.364. The predicted molar refractivity (Wildman–Crippen MR) is 116 cm³/mol. The molecule has 0 aliphatic carbocycles. The van der Waals surface area contributed by atoms with E-state index in [4.69, 9.17) is 14.5 Å². The number of likely N-dealkylation sites (N-methyl/N-ethyl adjacent to an activating group) is 2. The minimum Gasteiger partial charge on any atom is -0.493 e. The minimum absolute atomic E-state index is 0.0698. The van der Waals surface area contributed by atoms with Crippen LogP contribution in [0.2, 0.25) is 0 Å². The van der Waals surface area contributed by atoms with Gasteiger partial charge in [-0.3, -0.25) is 4.79 Å². The van der Waals surface area contributed by atoms with Crippen molar-refractivity contribution in [1.82, 2.24) is 9.88 Å². The second-order valence-electron chi connectivity index (χ2n) is 7.17. The Morgan fingerprint density at radius 1 is 1.17 bits per heavy atom. The Kier molecular flexibility index (Phi) is 6.71. The average Bonchev–Trinajstić information content (AvgIpc) is 3.16. The van der Waals surface area contributed by atoms with Crippen molar-refractivity contribution in [3.8, 4) is 11.5 Å². The van der Waals surface area contributed by atoms with E-state index in [0.717, 1.165) is 21.0 Å². The summed E-state index contributed by atoms with van der Waals surface area (Å²) in [5.74, 6) is 1.40. The monoisotopic (exact) mass is 414 g/mol. The summed E-state index contributed by atoms with van der Waals surface area (Å²) >= 11 is 1.69. The third-order valence-corrected chi connectivity index (χ3v) is 6.39. The molecule has 1 heterocycles. The number of hydrogen-bond donors (Lipinski definition) is 1. The van der Waals surface area contributed by atoms with Crippen LogP contribution >= 0.6 is 11.3 Å². The van der Waals surface area contributed by atoms with Crippen molar-refractivity contribution in [2.75, 3.05) is 34.9 Å². The van der Waals surface area contributed by atoms with Crippen molar-refractivity contribution >= 4 is 27.5 Å². The standard InChI is InChI=1S/C22H27N3O3S/c1-15(22-23-17-10-6-7-12-19(17)29-22)24(2)14-20(26)25(3)13-16-9-8-11-18(27-4)21(16)28-5/h6-12,15H,13-14H2,1-5H3/p+1/t15-/m0/s1. The van der Waals surface area contributed by atoms with Crippen LogP contribution in [-0.2, 0) is 11.3 Å². The zero-order valence-electron chi connectivity index (χ0n) is 17.6. The van der Waals surface area contributed by atoms with Crippen LogP contribution in [0.25, 0.3) is 10.2 Å². The average molecular weight is 415 g/mol. The highest BCUT2D eigenvalue weighted by atomic mass is 32.1. The molecule has 0 aliphatic rings. The molecule has 0 fully saturated rings. The number of amides is 1. The summed E-state index contributed by atoms with van der Waals surface area (Å²) in [7, 11) is 7.07. The highest BCUT2D eigenvalue weighted by Crippen LogP contribution is 2.31. The third-order valence-electron chi connectivity index (χ3n) is 5.17. The number of ether oxygens (including phenoxy) is 2. The van der Waals surface area contributed by atoms with Gasteiger partial charge in [-0.2, -0.15) is 0 Å². The van der Waals surface area contributed by atoms with Gasteiger partial charge in [-0.05, 0) is 25.1 Å². The van der Waals surface area contributed by atoms with Gasteiger partial charge >= 0.3 is 0 Å². The van der Waals surface area contributed by atoms with Crippen LogP contribution in [0.4, 0.5) is 0 Å². The molecule has 0 radical (unpaired) electrons. The summed E-state index contributed by atoms with van der Waals surface area (Å²) in [4.78, 5) is 20.4. The van der Waals surface area contributed by atoms with Crippen LogP contribution in [0.15, 0.2) is 42.5 Å². The van der Waals surface area contributed by atoms with Gasteiger partial charge in [-0.1, -0.05) is 24.3 Å². The smallest absolute Gasteiger partial charge is 0.277 e. The Morgan fingerprint density at radius 2 is 1.93 bits per heavy atom. The summed E-state index contributed by atoms with van der Waals surface area (Å²) in [6.45, 7) is 2.97. The molecule has 0 bridgehead atoms. The molecule has 1 unspecified atom stereocenters. The lowest BCUT2D eigenvalue weighted by atomic mass is 10.1. The number of benzene rings is 2. The number of para-hydroxylation sites is 2. The predicted octanol–water partition coefficient (Wildman–Crippen LogP) is 2.55. The topological polar surface area (TPSA) is 56.1 Å². The van der Waals surface area contributed by atoms with Gasteiger partial charge in [0.2, 0.25) is 0 Å². The van der Waals surface area contributed by atoms with Gasteiger partial charge in [0.05, 0.1) is 31.5 Å². The number of carbonyl (C=O) groups is 1. The molecule has 6 nitrogen and oxygen atoms in total. The van der Waals surface area contributed by atoms with E-state index in [-0.39, 0.29) is 11.9 Å². The summed E-state index contributed by atoms with van der Waals surface area (Å²) in [5, 5.41) is 1.05. The van der Waals surface area contributed by atoms with Crippen LogP contribution in [0, 0.1) is 0 Å². The van der Waals surface area contributed by atoms with Gasteiger partial charge in [0.25, 0.3) is 5.91 Å². The largest absolute Gasteiger partial charge is 0.493 e. The van der Waals surface area contributed by atoms with Gasteiger partial charge in [-0.15, -0.1) is 11.3 Å². The molecule has 0 aliphatic heterocycles. The van der Waals surface area contributed by atoms with Crippen molar-refractivity contribution in [3.05, 3.63) is 53.0 Å². The summed E-state index contributed by atoms with van der Waals surface area (Å²) in [5.41, 5.74) is 1.93. The first-order chi connectivity index (χ1) is 13.9. The summed E-state index contributed by atoms with van der Waals surface area (Å²) < 4.78 is 12.0. The number of rotatable bonds is 8. The van der Waals surface area contributed by atoms with E-state index >= 15 is 0 Å². The van der Waals surface area contributed by atoms with Gasteiger partial charge in [0, 0.05) is 19.2 Å². The van der Waals surface area contributed by atoms with Gasteiger partial charge in [0.15, 0.2) is 23.1 Å². The fourth-order valence-electron chi connectivity index (χ4n) is 3.23. The molecule has 0 spiro atoms. The van der Waals surface area contributed by atoms with Gasteiger partial charge < -0.3 is 19.3 Å². The minimum atomic E-state index is 0.0698. The van der Waals surface area contributed by atoms with Gasteiger partial charge in [-0.25, -0.2) is 4.98 Å². The number of methoxy groups -OCH3 is 2. The number of hydrogen-bond acceptors (Lipinski definition) is 5. The number of aromatic nitrogens is 1. The number of carbonyl (C=O) groups excluding carboxylic acids is 1. The van der Waals surface area contributed by atoms with Crippen LogP contribution in [0.5, 0.6) is 11.5 Å². The molecule has 1 amide bonds. The van der Waals surface area contributed by atoms with Crippen LogP contribution in [0.1, 0.15) is 23.5 Å². The van der Waals surface area contributed by atoms with Crippen molar-refractivity contribution in [1.29, 1.82) is 0 Å². The molecular formula is C22H28N3O3S+. The quantitative estimate of drug-likeness (QED) is 0.616. The summed E-state index contributed by atoms with van der Waals surface area (Å²) in [6.07, 6.45) is 0. The Hall–Kier alpha value is -2.64. The Morgan fingerprint density at radius 3 is 2.62 bits per heavy atom. The molecule has 7 heteroatoms. The molecule has 0 saturated heterocycles. The van der Waals surface area contributed by atoms with E-state index in [1.165, 1.54) is 4.70 Å². The molecule has 2 atom stereocenters. The SMILES string of the molecule is COc1cccc(CN(C)C(=O)C[NH+](C)[C@@H](C)c2nc3ccccc3s2)c1OC. The van der Waals surface area contributed by atoms with Crippen molar-refractivity contribution < 1.29 is 19.2 Å². The number of quaternary nitrogens is 1. The van der Waals surface area contributed by atoms with Crippen LogP contribution in [-0.4, -0.2) is 50.7 Å². The maximum absolute atomic E-state index is 12.8. The molecule has 154 valence electrons. The highest BCUT2D eigenvalue weighted by Gasteiger charge is 2.24. The van der Waals surface area contributed by atoms with Crippen LogP contribution < -0.4 is 14.4 Å². The lowest BCUT2D eigenvalue weighted by Crippen LogP contribution is -3.10. The second kappa shape index (κ2) is 9.24. The summed E-state index contributed by atoms with van der Waals surface area (Å²) in [6, 6.07) is 14.0. The molecule has 3 aromatic rings. The lowest BCUT2D eigenvalue weighted by Gasteiger charge is -2.24. The van der Waals surface area contributed by atoms with E-state index in [1.807, 2.05) is 50.5 Å². The first kappa shape index (κ1) is 21.1. The highest BCUT2D eigenvalue weighted by molar-refractivity contribution is 7.18. The number of nitrogens with one attached hydrogen (secondary N) is 1. The zero-order valence-corrected chi connectivity index (χ0v) is 18.4. The zero-order chi connectivity index (χ0) is 21.0. The molecular weight excluding hydrogens is 386 g/mol. The molecule has 1 aromatic heterocycles. The third kappa shape index (κ3) is 4.68. The normalized spacial score (nSPS) is 13.1. The molecule has 1 N–H and O–H groups in total. The molecule has 3 rings (SSSR count). The number of nitrogens with zero attached hydrogens (tertiary/aromatic N) is 2. The first-order valence-electron chi connectivity index (χ1n) is 9.56. The lowest BCUT2D eigenvalue weighted by molar-refractivity contribution is -0.902. The maximum Gasteiger partial charge on any atom is 0.277 e. The first-order valence-corrected chi connectivity index (χ1v) is 10.4. The van der Waals surface area contributed by atoms with E-state index in [2.05, 4.69) is 13.0 Å². The van der Waals surface area contributed by atoms with Gasteiger partial charge in [0.1, 0.15) is 6.04 Å². The Labute approximate surface area is 175 Å². The number of fused-ring (bicyclic) bond motifs is 1. The fourth-order valence-corrected chi connectivity index (χ4v) is 4.35. The molecule has 29 heavy (non-hydrogen) atoms. The Bertz CT molecular complexity index is 955. The maximum atomic E-state index is 12.8. The Balaban J connectivity index is 1.66. The van der Waals surface area contributed by atoms with Crippen molar-refractivity contribution in [2.24, 2.45) is 0 Å². The second-order valence-corrected chi connectivity index (χ2v) is 8.23. The van der Waals surface area contributed by atoms with E-state index < -0.39 is 0 Å². The van der Waals surface area contributed by atoms with Crippen molar-refractivity contribution in [2.45, 2.75) is 19.5 Å². The van der Waals surface area contributed by atoms with E-state index in [1.54, 1.807) is 30.5 Å². The van der Waals surface area contributed by atoms with E-state index in [0.29, 0.717) is 24.6 Å². The van der Waals surface area contributed by atoms with E-state index in [9.17, 15) is 4.79 Å². The van der Waals surface area contributed by atoms with Crippen LogP contribution in [0.3, 0.4) is 0 Å². The molecule has 2 aromatic carbocycles. The molecule has 0 saturated carbocycles.